The van der Waals surface area contributed by atoms with E-state index in [2.05, 4.69) is 20.5 Å². The Morgan fingerprint density at radius 1 is 1.33 bits per heavy atom. The van der Waals surface area contributed by atoms with Gasteiger partial charge < -0.3 is 9.47 Å². The molecule has 21 heavy (non-hydrogen) atoms. The molecule has 0 unspecified atom stereocenters. The number of hydrogen-bond acceptors (Lipinski definition) is 5. The van der Waals surface area contributed by atoms with Crippen LogP contribution in [-0.4, -0.2) is 35.3 Å². The Kier molecular flexibility index (Phi) is 4.55. The van der Waals surface area contributed by atoms with Crippen molar-refractivity contribution in [3.05, 3.63) is 35.4 Å². The van der Waals surface area contributed by atoms with E-state index in [1.807, 2.05) is 25.1 Å². The molecule has 0 fully saturated rings. The maximum atomic E-state index is 11.8. The normalized spacial score (nSPS) is 10.6. The Hall–Kier alpha value is -2.83. The molecular weight excluding hydrogens is 272 g/mol. The van der Waals surface area contributed by atoms with Crippen molar-refractivity contribution in [1.29, 1.82) is 0 Å². The van der Waals surface area contributed by atoms with Crippen molar-refractivity contribution >= 4 is 17.9 Å². The highest BCUT2D eigenvalue weighted by Gasteiger charge is 2.05. The minimum Gasteiger partial charge on any atom is -0.496 e. The highest BCUT2D eigenvalue weighted by atomic mass is 16.5. The zero-order valence-electron chi connectivity index (χ0n) is 12.0. The van der Waals surface area contributed by atoms with Crippen molar-refractivity contribution in [2.24, 2.45) is 0 Å². The van der Waals surface area contributed by atoms with Gasteiger partial charge in [-0.25, -0.2) is 5.10 Å². The molecule has 0 aliphatic rings. The molecule has 7 nitrogen and oxygen atoms in total. The predicted octanol–water partition coefficient (Wildman–Crippen LogP) is 1.78. The lowest BCUT2D eigenvalue weighted by molar-refractivity contribution is -0.111. The van der Waals surface area contributed by atoms with Gasteiger partial charge in [0.25, 0.3) is 5.91 Å². The molecule has 1 aromatic carbocycles. The van der Waals surface area contributed by atoms with E-state index in [9.17, 15) is 4.79 Å². The Balaban J connectivity index is 2.06. The van der Waals surface area contributed by atoms with Crippen molar-refractivity contribution in [2.45, 2.75) is 6.92 Å². The molecule has 1 aromatic heterocycles. The minimum atomic E-state index is -0.336. The van der Waals surface area contributed by atoms with Gasteiger partial charge >= 0.3 is 6.01 Å². The van der Waals surface area contributed by atoms with Gasteiger partial charge in [0, 0.05) is 11.6 Å². The average Bonchev–Trinajstić information content (AvgIpc) is 2.93. The maximum Gasteiger partial charge on any atom is 0.336 e. The second-order valence-corrected chi connectivity index (χ2v) is 4.24. The number of rotatable bonds is 5. The van der Waals surface area contributed by atoms with Crippen molar-refractivity contribution < 1.29 is 14.3 Å². The third kappa shape index (κ3) is 3.82. The number of aromatic amines is 1. The number of anilines is 1. The van der Waals surface area contributed by atoms with Gasteiger partial charge in [0.15, 0.2) is 0 Å². The van der Waals surface area contributed by atoms with Crippen LogP contribution in [0.5, 0.6) is 11.8 Å². The molecule has 2 aromatic rings. The van der Waals surface area contributed by atoms with Crippen LogP contribution in [-0.2, 0) is 4.79 Å². The van der Waals surface area contributed by atoms with Gasteiger partial charge in [0.2, 0.25) is 5.95 Å². The van der Waals surface area contributed by atoms with Crippen LogP contribution in [0, 0.1) is 6.92 Å². The standard InChI is InChI=1S/C14H16N4O3/c1-9-4-6-11(20-2)10(8-9)5-7-12(19)15-13-16-14(21-3)18-17-13/h4-8H,1-3H3,(H2,15,16,17,18,19)/b7-5+. The van der Waals surface area contributed by atoms with Crippen LogP contribution >= 0.6 is 0 Å². The number of nitrogens with zero attached hydrogens (tertiary/aromatic N) is 2. The van der Waals surface area contributed by atoms with Crippen LogP contribution in [0.4, 0.5) is 5.95 Å². The van der Waals surface area contributed by atoms with Crippen LogP contribution in [0.15, 0.2) is 24.3 Å². The van der Waals surface area contributed by atoms with E-state index < -0.39 is 0 Å². The molecule has 0 spiro atoms. The zero-order chi connectivity index (χ0) is 15.2. The molecule has 110 valence electrons. The van der Waals surface area contributed by atoms with Crippen molar-refractivity contribution in [1.82, 2.24) is 15.2 Å². The fourth-order valence-electron chi connectivity index (χ4n) is 1.70. The van der Waals surface area contributed by atoms with Crippen LogP contribution in [0.1, 0.15) is 11.1 Å². The van der Waals surface area contributed by atoms with Crippen LogP contribution in [0.2, 0.25) is 0 Å². The number of ether oxygens (including phenoxy) is 2. The number of H-pyrrole nitrogens is 1. The van der Waals surface area contributed by atoms with Gasteiger partial charge in [-0.15, -0.1) is 5.10 Å². The first-order valence-corrected chi connectivity index (χ1v) is 6.22. The molecule has 2 rings (SSSR count). The number of methoxy groups -OCH3 is 2. The summed E-state index contributed by atoms with van der Waals surface area (Å²) in [5.41, 5.74) is 1.90. The number of benzene rings is 1. The van der Waals surface area contributed by atoms with Gasteiger partial charge in [-0.1, -0.05) is 11.6 Å². The van der Waals surface area contributed by atoms with Crippen LogP contribution in [0.25, 0.3) is 6.08 Å². The predicted molar refractivity (Wildman–Crippen MR) is 78.3 cm³/mol. The van der Waals surface area contributed by atoms with E-state index in [0.29, 0.717) is 5.75 Å². The van der Waals surface area contributed by atoms with E-state index in [-0.39, 0.29) is 17.9 Å². The maximum absolute atomic E-state index is 11.8. The number of carbonyl (C=O) groups is 1. The number of aromatic nitrogens is 3. The average molecular weight is 288 g/mol. The number of amides is 1. The highest BCUT2D eigenvalue weighted by Crippen LogP contribution is 2.20. The minimum absolute atomic E-state index is 0.162. The summed E-state index contributed by atoms with van der Waals surface area (Å²) in [6.45, 7) is 1.97. The first kappa shape index (κ1) is 14.6. The van der Waals surface area contributed by atoms with E-state index in [0.717, 1.165) is 11.1 Å². The second kappa shape index (κ2) is 6.56. The lowest BCUT2D eigenvalue weighted by Gasteiger charge is -2.05. The lowest BCUT2D eigenvalue weighted by Crippen LogP contribution is -2.09. The van der Waals surface area contributed by atoms with E-state index in [4.69, 9.17) is 9.47 Å². The first-order chi connectivity index (χ1) is 10.1. The topological polar surface area (TPSA) is 89.1 Å². The molecule has 0 radical (unpaired) electrons. The molecule has 7 heteroatoms. The third-order valence-corrected chi connectivity index (χ3v) is 2.69. The summed E-state index contributed by atoms with van der Waals surface area (Å²) in [5, 5.41) is 8.81. The Morgan fingerprint density at radius 2 is 2.14 bits per heavy atom. The highest BCUT2D eigenvalue weighted by molar-refractivity contribution is 6.01. The van der Waals surface area contributed by atoms with Crippen molar-refractivity contribution in [3.63, 3.8) is 0 Å². The molecule has 1 amide bonds. The monoisotopic (exact) mass is 288 g/mol. The van der Waals surface area contributed by atoms with Gasteiger partial charge in [-0.05, 0) is 25.1 Å². The molecule has 0 saturated carbocycles. The number of carbonyl (C=O) groups excluding carboxylic acids is 1. The molecule has 0 atom stereocenters. The summed E-state index contributed by atoms with van der Waals surface area (Å²) < 4.78 is 10.1. The summed E-state index contributed by atoms with van der Waals surface area (Å²) in [6.07, 6.45) is 3.07. The Bertz CT molecular complexity index is 664. The summed E-state index contributed by atoms with van der Waals surface area (Å²) in [5.74, 6) is 0.584. The SMILES string of the molecule is COc1n[nH]c(NC(=O)/C=C/c2cc(C)ccc2OC)n1. The van der Waals surface area contributed by atoms with E-state index in [1.165, 1.54) is 13.2 Å². The largest absolute Gasteiger partial charge is 0.496 e. The number of aryl methyl sites for hydroxylation is 1. The smallest absolute Gasteiger partial charge is 0.336 e. The Labute approximate surface area is 122 Å². The molecule has 2 N–H and O–H groups in total. The number of nitrogens with one attached hydrogen (secondary N) is 2. The van der Waals surface area contributed by atoms with Gasteiger partial charge in [0.1, 0.15) is 5.75 Å². The first-order valence-electron chi connectivity index (χ1n) is 6.22. The molecular formula is C14H16N4O3. The summed E-state index contributed by atoms with van der Waals surface area (Å²) in [4.78, 5) is 15.7. The number of hydrogen-bond donors (Lipinski definition) is 2. The third-order valence-electron chi connectivity index (χ3n) is 2.69. The van der Waals surface area contributed by atoms with E-state index >= 15 is 0 Å². The van der Waals surface area contributed by atoms with Gasteiger partial charge in [-0.2, -0.15) is 4.98 Å². The zero-order valence-corrected chi connectivity index (χ0v) is 12.0. The van der Waals surface area contributed by atoms with Gasteiger partial charge in [0.05, 0.1) is 14.2 Å². The molecule has 0 saturated heterocycles. The summed E-state index contributed by atoms with van der Waals surface area (Å²) >= 11 is 0. The molecule has 0 aliphatic carbocycles. The van der Waals surface area contributed by atoms with E-state index in [1.54, 1.807) is 13.2 Å². The van der Waals surface area contributed by atoms with Crippen molar-refractivity contribution in [2.75, 3.05) is 19.5 Å². The second-order valence-electron chi connectivity index (χ2n) is 4.24. The van der Waals surface area contributed by atoms with Crippen molar-refractivity contribution in [3.8, 4) is 11.8 Å². The van der Waals surface area contributed by atoms with Crippen LogP contribution < -0.4 is 14.8 Å². The summed E-state index contributed by atoms with van der Waals surface area (Å²) in [7, 11) is 3.03. The quantitative estimate of drug-likeness (QED) is 0.819. The molecule has 0 aliphatic heterocycles. The lowest BCUT2D eigenvalue weighted by atomic mass is 10.1. The molecule has 0 bridgehead atoms. The van der Waals surface area contributed by atoms with Gasteiger partial charge in [-0.3, -0.25) is 10.1 Å². The Morgan fingerprint density at radius 3 is 2.81 bits per heavy atom. The van der Waals surface area contributed by atoms with Crippen LogP contribution in [0.3, 0.4) is 0 Å². The fourth-order valence-corrected chi connectivity index (χ4v) is 1.70. The fraction of sp³-hybridized carbons (Fsp3) is 0.214. The summed E-state index contributed by atoms with van der Waals surface area (Å²) in [6, 6.07) is 5.89. The molecule has 1 heterocycles.